The van der Waals surface area contributed by atoms with Gasteiger partial charge in [-0.25, -0.2) is 0 Å². The number of carbonyl (C=O) groups excluding carboxylic acids is 1. The van der Waals surface area contributed by atoms with Crippen LogP contribution in [0, 0.1) is 5.92 Å². The molecule has 0 aromatic carbocycles. The van der Waals surface area contributed by atoms with Crippen LogP contribution < -0.4 is 0 Å². The second kappa shape index (κ2) is 5.85. The number of carbonyl (C=O) groups is 1. The van der Waals surface area contributed by atoms with E-state index < -0.39 is 0 Å². The minimum Gasteiger partial charge on any atom is -0.299 e. The summed E-state index contributed by atoms with van der Waals surface area (Å²) >= 11 is 0. The highest BCUT2D eigenvalue weighted by molar-refractivity contribution is 5.85. The molecule has 1 heterocycles. The summed E-state index contributed by atoms with van der Waals surface area (Å²) in [5, 5.41) is 0. The largest absolute Gasteiger partial charge is 0.299 e. The fraction of sp³-hybridized carbons (Fsp3) is 0.647. The van der Waals surface area contributed by atoms with E-state index in [1.807, 2.05) is 12.3 Å². The van der Waals surface area contributed by atoms with Gasteiger partial charge in [-0.3, -0.25) is 9.78 Å². The van der Waals surface area contributed by atoms with Crippen LogP contribution in [0.25, 0.3) is 0 Å². The highest BCUT2D eigenvalue weighted by atomic mass is 16.1. The molecule has 3 rings (SSSR count). The fourth-order valence-corrected chi connectivity index (χ4v) is 3.74. The van der Waals surface area contributed by atoms with E-state index in [2.05, 4.69) is 11.1 Å². The van der Waals surface area contributed by atoms with Crippen LogP contribution in [0.3, 0.4) is 0 Å². The van der Waals surface area contributed by atoms with Crippen LogP contribution >= 0.6 is 0 Å². The lowest BCUT2D eigenvalue weighted by Crippen LogP contribution is -2.20. The van der Waals surface area contributed by atoms with E-state index in [1.165, 1.54) is 31.2 Å². The van der Waals surface area contributed by atoms with Crippen LogP contribution in [-0.2, 0) is 11.2 Å². The number of Topliss-reactive ketones (excluding diaryl/α,β-unsaturated/α-hetero) is 1. The number of rotatable bonds is 4. The second-order valence-corrected chi connectivity index (χ2v) is 6.15. The third-order valence-electron chi connectivity index (χ3n) is 4.86. The molecule has 1 fully saturated rings. The molecule has 102 valence electrons. The van der Waals surface area contributed by atoms with Gasteiger partial charge in [-0.1, -0.05) is 31.7 Å². The van der Waals surface area contributed by atoms with Crippen LogP contribution in [0.1, 0.15) is 68.5 Å². The van der Waals surface area contributed by atoms with Gasteiger partial charge < -0.3 is 0 Å². The lowest BCUT2D eigenvalue weighted by atomic mass is 9.82. The monoisotopic (exact) mass is 257 g/mol. The lowest BCUT2D eigenvalue weighted by molar-refractivity contribution is -0.121. The van der Waals surface area contributed by atoms with E-state index in [4.69, 9.17) is 0 Å². The highest BCUT2D eigenvalue weighted by Crippen LogP contribution is 2.34. The van der Waals surface area contributed by atoms with Gasteiger partial charge in [0.05, 0.1) is 11.6 Å². The van der Waals surface area contributed by atoms with Crippen molar-refractivity contribution in [2.24, 2.45) is 5.92 Å². The quantitative estimate of drug-likeness (QED) is 0.814. The van der Waals surface area contributed by atoms with Crippen molar-refractivity contribution in [3.8, 4) is 0 Å². The summed E-state index contributed by atoms with van der Waals surface area (Å²) < 4.78 is 0. The number of hydrogen-bond donors (Lipinski definition) is 0. The summed E-state index contributed by atoms with van der Waals surface area (Å²) in [5.74, 6) is 1.34. The normalized spacial score (nSPS) is 23.3. The van der Waals surface area contributed by atoms with E-state index in [0.29, 0.717) is 5.78 Å². The maximum atomic E-state index is 12.5. The zero-order chi connectivity index (χ0) is 13.1. The van der Waals surface area contributed by atoms with E-state index >= 15 is 0 Å². The van der Waals surface area contributed by atoms with Gasteiger partial charge in [0.25, 0.3) is 0 Å². The van der Waals surface area contributed by atoms with Gasteiger partial charge >= 0.3 is 0 Å². The standard InChI is InChI=1S/C17H23NO/c19-16(11-10-13-5-1-2-6-13)15-9-3-7-14-8-4-12-18-17(14)15/h4,8,12-13,15H,1-3,5-7,9-11H2. The van der Waals surface area contributed by atoms with Gasteiger partial charge in [-0.2, -0.15) is 0 Å². The topological polar surface area (TPSA) is 30.0 Å². The van der Waals surface area contributed by atoms with Crippen molar-refractivity contribution in [1.82, 2.24) is 4.98 Å². The maximum absolute atomic E-state index is 12.5. The molecule has 2 nitrogen and oxygen atoms in total. The average molecular weight is 257 g/mol. The van der Waals surface area contributed by atoms with Gasteiger partial charge in [0.15, 0.2) is 0 Å². The SMILES string of the molecule is O=C(CCC1CCCC1)C1CCCc2cccnc21. The van der Waals surface area contributed by atoms with Crippen molar-refractivity contribution < 1.29 is 4.79 Å². The van der Waals surface area contributed by atoms with Gasteiger partial charge in [-0.15, -0.1) is 0 Å². The Balaban J connectivity index is 1.64. The number of nitrogens with zero attached hydrogens (tertiary/aromatic N) is 1. The van der Waals surface area contributed by atoms with Crippen LogP contribution in [0.15, 0.2) is 18.3 Å². The Bertz CT molecular complexity index is 448. The summed E-state index contributed by atoms with van der Waals surface area (Å²) in [7, 11) is 0. The lowest BCUT2D eigenvalue weighted by Gasteiger charge is -2.23. The molecule has 0 radical (unpaired) electrons. The molecule has 0 spiro atoms. The van der Waals surface area contributed by atoms with E-state index in [-0.39, 0.29) is 5.92 Å². The molecule has 1 unspecified atom stereocenters. The minimum absolute atomic E-state index is 0.0892. The predicted octanol–water partition coefficient (Wildman–Crippen LogP) is 4.04. The Morgan fingerprint density at radius 1 is 1.21 bits per heavy atom. The zero-order valence-corrected chi connectivity index (χ0v) is 11.6. The first kappa shape index (κ1) is 12.8. The van der Waals surface area contributed by atoms with E-state index in [1.54, 1.807) is 0 Å². The Morgan fingerprint density at radius 2 is 2.05 bits per heavy atom. The summed E-state index contributed by atoms with van der Waals surface area (Å²) in [6.07, 6.45) is 12.4. The van der Waals surface area contributed by atoms with Crippen molar-refractivity contribution >= 4 is 5.78 Å². The number of hydrogen-bond acceptors (Lipinski definition) is 2. The second-order valence-electron chi connectivity index (χ2n) is 6.15. The van der Waals surface area contributed by atoms with Gasteiger partial charge in [-0.05, 0) is 43.2 Å². The number of aryl methyl sites for hydroxylation is 1. The molecule has 2 aliphatic rings. The first-order chi connectivity index (χ1) is 9.34. The zero-order valence-electron chi connectivity index (χ0n) is 11.6. The fourth-order valence-electron chi connectivity index (χ4n) is 3.74. The van der Waals surface area contributed by atoms with Gasteiger partial charge in [0.1, 0.15) is 5.78 Å². The van der Waals surface area contributed by atoms with Crippen molar-refractivity contribution in [2.75, 3.05) is 0 Å². The Labute approximate surface area is 115 Å². The molecule has 0 saturated heterocycles. The number of pyridine rings is 1. The third kappa shape index (κ3) is 2.88. The van der Waals surface area contributed by atoms with Crippen molar-refractivity contribution in [3.05, 3.63) is 29.6 Å². The molecule has 0 aliphatic heterocycles. The summed E-state index contributed by atoms with van der Waals surface area (Å²) in [6, 6.07) is 4.13. The number of ketones is 1. The Morgan fingerprint density at radius 3 is 2.89 bits per heavy atom. The van der Waals surface area contributed by atoms with E-state index in [9.17, 15) is 4.79 Å². The molecule has 2 aliphatic carbocycles. The van der Waals surface area contributed by atoms with Crippen LogP contribution in [0.4, 0.5) is 0 Å². The average Bonchev–Trinajstić information content (AvgIpc) is 2.97. The molecular formula is C17H23NO. The van der Waals surface area contributed by atoms with Crippen LogP contribution in [-0.4, -0.2) is 10.8 Å². The molecule has 1 aromatic heterocycles. The maximum Gasteiger partial charge on any atom is 0.141 e. The molecule has 0 N–H and O–H groups in total. The van der Waals surface area contributed by atoms with Crippen molar-refractivity contribution in [1.29, 1.82) is 0 Å². The first-order valence-corrected chi connectivity index (χ1v) is 7.81. The third-order valence-corrected chi connectivity index (χ3v) is 4.86. The molecule has 2 heteroatoms. The van der Waals surface area contributed by atoms with Crippen molar-refractivity contribution in [3.63, 3.8) is 0 Å². The molecule has 1 saturated carbocycles. The van der Waals surface area contributed by atoms with Gasteiger partial charge in [0, 0.05) is 12.6 Å². The summed E-state index contributed by atoms with van der Waals surface area (Å²) in [5.41, 5.74) is 2.37. The molecule has 19 heavy (non-hydrogen) atoms. The van der Waals surface area contributed by atoms with Crippen LogP contribution in [0.2, 0.25) is 0 Å². The summed E-state index contributed by atoms with van der Waals surface area (Å²) in [6.45, 7) is 0. The first-order valence-electron chi connectivity index (χ1n) is 7.81. The highest BCUT2D eigenvalue weighted by Gasteiger charge is 2.28. The smallest absolute Gasteiger partial charge is 0.141 e. The predicted molar refractivity (Wildman–Crippen MR) is 76.1 cm³/mol. The van der Waals surface area contributed by atoms with Crippen LogP contribution in [0.5, 0.6) is 0 Å². The summed E-state index contributed by atoms with van der Waals surface area (Å²) in [4.78, 5) is 17.0. The molecule has 0 bridgehead atoms. The van der Waals surface area contributed by atoms with Gasteiger partial charge in [0.2, 0.25) is 0 Å². The van der Waals surface area contributed by atoms with Crippen molar-refractivity contribution in [2.45, 2.75) is 63.7 Å². The Kier molecular flexibility index (Phi) is 3.95. The molecule has 0 amide bonds. The minimum atomic E-state index is 0.0892. The molecule has 1 atom stereocenters. The number of aromatic nitrogens is 1. The van der Waals surface area contributed by atoms with E-state index in [0.717, 1.165) is 43.7 Å². The number of fused-ring (bicyclic) bond motifs is 1. The molecule has 1 aromatic rings. The molecular weight excluding hydrogens is 234 g/mol. The Hall–Kier alpha value is -1.18.